The normalized spacial score (nSPS) is 12.5. The highest BCUT2D eigenvalue weighted by molar-refractivity contribution is 7.99. The van der Waals surface area contributed by atoms with E-state index in [1.54, 1.807) is 17.8 Å². The van der Waals surface area contributed by atoms with Crippen molar-refractivity contribution in [2.75, 3.05) is 19.5 Å². The number of Topliss-reactive ketones (excluding diaryl/α,β-unsaturated/α-hetero) is 1. The van der Waals surface area contributed by atoms with Gasteiger partial charge in [-0.1, -0.05) is 17.8 Å². The highest BCUT2D eigenvalue weighted by Gasteiger charge is 2.21. The molecule has 0 saturated carbocycles. The summed E-state index contributed by atoms with van der Waals surface area (Å²) in [7, 11) is 1.68. The molecule has 3 aromatic rings. The summed E-state index contributed by atoms with van der Waals surface area (Å²) in [6, 6.07) is 2.08. The van der Waals surface area contributed by atoms with E-state index < -0.39 is 0 Å². The van der Waals surface area contributed by atoms with E-state index in [1.165, 1.54) is 23.1 Å². The van der Waals surface area contributed by atoms with Gasteiger partial charge in [0.05, 0.1) is 23.8 Å². The lowest BCUT2D eigenvalue weighted by molar-refractivity contribution is 0.102. The number of aromatic nitrogens is 3. The Balaban J connectivity index is 1.92. The molecule has 3 heterocycles. The van der Waals surface area contributed by atoms with Gasteiger partial charge in [-0.05, 0) is 46.2 Å². The van der Waals surface area contributed by atoms with Crippen LogP contribution in [0.4, 0.5) is 0 Å². The summed E-state index contributed by atoms with van der Waals surface area (Å²) in [5.74, 6) is 0.230. The number of ketones is 1. The third kappa shape index (κ3) is 4.42. The molecular formula is C23H29N3O3S2. The topological polar surface area (TPSA) is 66.1 Å². The molecule has 0 aliphatic carbocycles. The number of carbonyl (C=O) groups is 1. The SMILES string of the molecule is C=CCn1c(SCC(=O)c2cc(C)n([C@@H](C)COC)c2C)nc2sc(C)c(C)c2c1=O. The smallest absolute Gasteiger partial charge is 0.263 e. The zero-order valence-electron chi connectivity index (χ0n) is 18.9. The Kier molecular flexibility index (Phi) is 7.24. The van der Waals surface area contributed by atoms with Crippen LogP contribution in [0.15, 0.2) is 28.7 Å². The molecule has 0 saturated heterocycles. The molecule has 0 unspecified atom stereocenters. The number of thiophene rings is 1. The molecule has 31 heavy (non-hydrogen) atoms. The van der Waals surface area contributed by atoms with Crippen molar-refractivity contribution >= 4 is 39.1 Å². The zero-order valence-corrected chi connectivity index (χ0v) is 20.6. The van der Waals surface area contributed by atoms with Gasteiger partial charge in [0.1, 0.15) is 4.83 Å². The predicted molar refractivity (Wildman–Crippen MR) is 129 cm³/mol. The first-order valence-electron chi connectivity index (χ1n) is 10.2. The Morgan fingerprint density at radius 1 is 1.35 bits per heavy atom. The van der Waals surface area contributed by atoms with Gasteiger partial charge in [0.15, 0.2) is 10.9 Å². The number of thioether (sulfide) groups is 1. The molecule has 6 nitrogen and oxygen atoms in total. The molecule has 166 valence electrons. The van der Waals surface area contributed by atoms with E-state index >= 15 is 0 Å². The molecule has 3 aromatic heterocycles. The van der Waals surface area contributed by atoms with Crippen LogP contribution in [0.2, 0.25) is 0 Å². The summed E-state index contributed by atoms with van der Waals surface area (Å²) in [5.41, 5.74) is 3.57. The highest BCUT2D eigenvalue weighted by Crippen LogP contribution is 2.29. The minimum Gasteiger partial charge on any atom is -0.383 e. The van der Waals surface area contributed by atoms with Gasteiger partial charge in [-0.3, -0.25) is 14.2 Å². The first-order chi connectivity index (χ1) is 14.7. The molecule has 0 bridgehead atoms. The third-order valence-electron chi connectivity index (χ3n) is 5.53. The number of rotatable bonds is 9. The number of ether oxygens (including phenoxy) is 1. The summed E-state index contributed by atoms with van der Waals surface area (Å²) in [6.07, 6.45) is 1.68. The van der Waals surface area contributed by atoms with E-state index in [0.717, 1.165) is 26.7 Å². The summed E-state index contributed by atoms with van der Waals surface area (Å²) in [5, 5.41) is 1.21. The van der Waals surface area contributed by atoms with Gasteiger partial charge in [0.2, 0.25) is 0 Å². The first-order valence-corrected chi connectivity index (χ1v) is 12.0. The maximum atomic E-state index is 13.1. The summed E-state index contributed by atoms with van der Waals surface area (Å²) in [4.78, 5) is 32.7. The predicted octanol–water partition coefficient (Wildman–Crippen LogP) is 4.86. The van der Waals surface area contributed by atoms with E-state index in [0.29, 0.717) is 29.3 Å². The molecule has 3 rings (SSSR count). The van der Waals surface area contributed by atoms with Gasteiger partial charge in [-0.25, -0.2) is 4.98 Å². The lowest BCUT2D eigenvalue weighted by Crippen LogP contribution is -2.23. The van der Waals surface area contributed by atoms with Crippen LogP contribution >= 0.6 is 23.1 Å². The third-order valence-corrected chi connectivity index (χ3v) is 7.61. The fourth-order valence-corrected chi connectivity index (χ4v) is 5.93. The quantitative estimate of drug-likeness (QED) is 0.198. The zero-order chi connectivity index (χ0) is 22.9. The van der Waals surface area contributed by atoms with Crippen molar-refractivity contribution in [3.8, 4) is 0 Å². The maximum absolute atomic E-state index is 13.1. The summed E-state index contributed by atoms with van der Waals surface area (Å²) in [6.45, 7) is 14.7. The van der Waals surface area contributed by atoms with Crippen molar-refractivity contribution in [1.29, 1.82) is 0 Å². The molecule has 8 heteroatoms. The van der Waals surface area contributed by atoms with Crippen LogP contribution in [0.5, 0.6) is 0 Å². The monoisotopic (exact) mass is 459 g/mol. The molecule has 0 amide bonds. The van der Waals surface area contributed by atoms with Crippen molar-refractivity contribution in [1.82, 2.24) is 14.1 Å². The van der Waals surface area contributed by atoms with Crippen LogP contribution in [-0.4, -0.2) is 39.4 Å². The van der Waals surface area contributed by atoms with E-state index in [2.05, 4.69) is 18.1 Å². The van der Waals surface area contributed by atoms with Gasteiger partial charge in [-0.15, -0.1) is 17.9 Å². The van der Waals surface area contributed by atoms with Crippen molar-refractivity contribution < 1.29 is 9.53 Å². The number of hydrogen-bond donors (Lipinski definition) is 0. The fraction of sp³-hybridized carbons (Fsp3) is 0.435. The molecule has 0 aliphatic rings. The van der Waals surface area contributed by atoms with Gasteiger partial charge < -0.3 is 9.30 Å². The van der Waals surface area contributed by atoms with Crippen molar-refractivity contribution in [2.45, 2.75) is 52.4 Å². The number of nitrogens with zero attached hydrogens (tertiary/aromatic N) is 3. The van der Waals surface area contributed by atoms with E-state index in [-0.39, 0.29) is 23.1 Å². The molecule has 0 N–H and O–H groups in total. The van der Waals surface area contributed by atoms with Crippen LogP contribution in [0.1, 0.15) is 45.2 Å². The number of allylic oxidation sites excluding steroid dienone is 1. The summed E-state index contributed by atoms with van der Waals surface area (Å²) >= 11 is 2.82. The van der Waals surface area contributed by atoms with E-state index in [4.69, 9.17) is 9.72 Å². The van der Waals surface area contributed by atoms with Gasteiger partial charge >= 0.3 is 0 Å². The van der Waals surface area contributed by atoms with E-state index in [1.807, 2.05) is 33.8 Å². The second-order valence-electron chi connectivity index (χ2n) is 7.73. The summed E-state index contributed by atoms with van der Waals surface area (Å²) < 4.78 is 9.02. The lowest BCUT2D eigenvalue weighted by atomic mass is 10.2. The Morgan fingerprint density at radius 2 is 2.06 bits per heavy atom. The number of carbonyl (C=O) groups excluding carboxylic acids is 1. The molecule has 0 radical (unpaired) electrons. The number of hydrogen-bond acceptors (Lipinski definition) is 6. The number of methoxy groups -OCH3 is 1. The molecular weight excluding hydrogens is 430 g/mol. The first kappa shape index (κ1) is 23.5. The fourth-order valence-electron chi connectivity index (χ4n) is 3.97. The Bertz CT molecular complexity index is 1200. The van der Waals surface area contributed by atoms with Crippen LogP contribution in [0, 0.1) is 27.7 Å². The molecule has 0 spiro atoms. The average molecular weight is 460 g/mol. The van der Waals surface area contributed by atoms with Crippen LogP contribution in [-0.2, 0) is 11.3 Å². The Morgan fingerprint density at radius 3 is 2.71 bits per heavy atom. The second kappa shape index (κ2) is 9.54. The molecule has 1 atom stereocenters. The molecule has 0 fully saturated rings. The van der Waals surface area contributed by atoms with E-state index in [9.17, 15) is 9.59 Å². The standard InChI is InChI=1S/C23H29N3O3S2/c1-8-9-25-22(28)20-15(4)17(6)31-21(20)24-23(25)30-12-19(27)18-10-13(2)26(16(18)5)14(3)11-29-7/h8,10,14H,1,9,11-12H2,2-7H3/t14-/m0/s1. The van der Waals surface area contributed by atoms with Crippen LogP contribution in [0.25, 0.3) is 10.2 Å². The molecule has 0 aliphatic heterocycles. The van der Waals surface area contributed by atoms with Crippen LogP contribution in [0.3, 0.4) is 0 Å². The van der Waals surface area contributed by atoms with Crippen molar-refractivity contribution in [3.63, 3.8) is 0 Å². The maximum Gasteiger partial charge on any atom is 0.263 e. The van der Waals surface area contributed by atoms with Gasteiger partial charge in [0.25, 0.3) is 5.56 Å². The van der Waals surface area contributed by atoms with Crippen molar-refractivity contribution in [3.05, 3.63) is 56.5 Å². The average Bonchev–Trinajstić information content (AvgIpc) is 3.17. The number of aryl methyl sites for hydroxylation is 3. The highest BCUT2D eigenvalue weighted by atomic mass is 32.2. The second-order valence-corrected chi connectivity index (χ2v) is 9.88. The largest absolute Gasteiger partial charge is 0.383 e. The minimum atomic E-state index is -0.0757. The number of fused-ring (bicyclic) bond motifs is 1. The van der Waals surface area contributed by atoms with Gasteiger partial charge in [0, 0.05) is 35.5 Å². The minimum absolute atomic E-state index is 0.0204. The van der Waals surface area contributed by atoms with Crippen molar-refractivity contribution in [2.24, 2.45) is 0 Å². The van der Waals surface area contributed by atoms with Gasteiger partial charge in [-0.2, -0.15) is 0 Å². The Hall–Kier alpha value is -2.16. The molecule has 0 aromatic carbocycles. The Labute approximate surface area is 190 Å². The van der Waals surface area contributed by atoms with Crippen LogP contribution < -0.4 is 5.56 Å². The lowest BCUT2D eigenvalue weighted by Gasteiger charge is -2.17.